The van der Waals surface area contributed by atoms with Crippen molar-refractivity contribution in [2.75, 3.05) is 13.2 Å². The molecule has 23 heavy (non-hydrogen) atoms. The van der Waals surface area contributed by atoms with Gasteiger partial charge in [-0.15, -0.1) is 0 Å². The first-order valence-corrected chi connectivity index (χ1v) is 8.59. The third-order valence-corrected chi connectivity index (χ3v) is 5.08. The van der Waals surface area contributed by atoms with Gasteiger partial charge in [0.2, 0.25) is 5.91 Å². The second-order valence-electron chi connectivity index (χ2n) is 6.65. The fraction of sp³-hybridized carbons (Fsp3) is 0.579. The van der Waals surface area contributed by atoms with Crippen molar-refractivity contribution in [3.63, 3.8) is 0 Å². The Labute approximate surface area is 138 Å². The summed E-state index contributed by atoms with van der Waals surface area (Å²) in [4.78, 5) is 14.8. The maximum atomic E-state index is 12.9. The standard InChI is InChI=1S/C19H24N2O2/c1-14(15-7-8-15)21(11-4-10-20)19(22)13-16-9-12-23-18-6-3-2-5-17(16)18/h2-3,5-6,14-16H,4,7-9,11-13H2,1H3. The highest BCUT2D eigenvalue weighted by Gasteiger charge is 2.35. The molecule has 0 N–H and O–H groups in total. The third kappa shape index (κ3) is 3.67. The molecular formula is C19H24N2O2. The zero-order valence-electron chi connectivity index (χ0n) is 13.7. The predicted molar refractivity (Wildman–Crippen MR) is 88.0 cm³/mol. The highest BCUT2D eigenvalue weighted by molar-refractivity contribution is 5.77. The van der Waals surface area contributed by atoms with Gasteiger partial charge in [0.1, 0.15) is 5.75 Å². The van der Waals surface area contributed by atoms with Crippen molar-refractivity contribution in [3.8, 4) is 11.8 Å². The number of hydrogen-bond donors (Lipinski definition) is 0. The van der Waals surface area contributed by atoms with Gasteiger partial charge in [-0.25, -0.2) is 0 Å². The van der Waals surface area contributed by atoms with Crippen molar-refractivity contribution >= 4 is 5.91 Å². The van der Waals surface area contributed by atoms with E-state index >= 15 is 0 Å². The molecule has 1 aromatic rings. The summed E-state index contributed by atoms with van der Waals surface area (Å²) in [6.45, 7) is 3.36. The number of carbonyl (C=O) groups is 1. The van der Waals surface area contributed by atoms with Gasteiger partial charge in [-0.2, -0.15) is 5.26 Å². The Bertz CT molecular complexity index is 604. The van der Waals surface area contributed by atoms with Crippen LogP contribution >= 0.6 is 0 Å². The first kappa shape index (κ1) is 15.9. The van der Waals surface area contributed by atoms with Crippen molar-refractivity contribution in [3.05, 3.63) is 29.8 Å². The van der Waals surface area contributed by atoms with Crippen LogP contribution in [-0.4, -0.2) is 30.0 Å². The molecule has 1 fully saturated rings. The SMILES string of the molecule is CC(C1CC1)N(CCC#N)C(=O)CC1CCOc2ccccc21. The molecule has 4 nitrogen and oxygen atoms in total. The molecule has 2 aliphatic rings. The average Bonchev–Trinajstić information content (AvgIpc) is 3.40. The van der Waals surface area contributed by atoms with Crippen LogP contribution in [0.25, 0.3) is 0 Å². The summed E-state index contributed by atoms with van der Waals surface area (Å²) >= 11 is 0. The lowest BCUT2D eigenvalue weighted by Gasteiger charge is -2.32. The van der Waals surface area contributed by atoms with E-state index in [1.807, 2.05) is 23.1 Å². The van der Waals surface area contributed by atoms with Crippen molar-refractivity contribution in [2.24, 2.45) is 5.92 Å². The van der Waals surface area contributed by atoms with E-state index in [0.717, 1.165) is 17.7 Å². The first-order chi connectivity index (χ1) is 11.2. The molecule has 0 radical (unpaired) electrons. The molecule has 1 heterocycles. The van der Waals surface area contributed by atoms with Gasteiger partial charge in [0.05, 0.1) is 19.1 Å². The molecule has 2 unspecified atom stereocenters. The number of hydrogen-bond acceptors (Lipinski definition) is 3. The minimum atomic E-state index is 0.182. The highest BCUT2D eigenvalue weighted by atomic mass is 16.5. The van der Waals surface area contributed by atoms with Crippen LogP contribution in [0.15, 0.2) is 24.3 Å². The minimum Gasteiger partial charge on any atom is -0.493 e. The van der Waals surface area contributed by atoms with Crippen molar-refractivity contribution in [1.82, 2.24) is 4.90 Å². The van der Waals surface area contributed by atoms with Gasteiger partial charge in [-0.1, -0.05) is 18.2 Å². The van der Waals surface area contributed by atoms with Gasteiger partial charge in [0.15, 0.2) is 0 Å². The number of amides is 1. The van der Waals surface area contributed by atoms with Gasteiger partial charge in [0.25, 0.3) is 0 Å². The smallest absolute Gasteiger partial charge is 0.223 e. The van der Waals surface area contributed by atoms with E-state index < -0.39 is 0 Å². The number of carbonyl (C=O) groups excluding carboxylic acids is 1. The molecule has 1 amide bonds. The minimum absolute atomic E-state index is 0.182. The lowest BCUT2D eigenvalue weighted by molar-refractivity contribution is -0.134. The molecule has 0 saturated heterocycles. The van der Waals surface area contributed by atoms with Crippen molar-refractivity contribution in [2.45, 2.75) is 51.0 Å². The van der Waals surface area contributed by atoms with E-state index in [0.29, 0.717) is 31.9 Å². The van der Waals surface area contributed by atoms with E-state index in [-0.39, 0.29) is 17.9 Å². The summed E-state index contributed by atoms with van der Waals surface area (Å²) in [7, 11) is 0. The number of fused-ring (bicyclic) bond motifs is 1. The quantitative estimate of drug-likeness (QED) is 0.808. The first-order valence-electron chi connectivity index (χ1n) is 8.59. The molecule has 1 aliphatic carbocycles. The second-order valence-corrected chi connectivity index (χ2v) is 6.65. The lowest BCUT2D eigenvalue weighted by atomic mass is 9.89. The molecule has 2 atom stereocenters. The number of nitrogens with zero attached hydrogens (tertiary/aromatic N) is 2. The number of ether oxygens (including phenoxy) is 1. The van der Waals surface area contributed by atoms with E-state index in [4.69, 9.17) is 10.00 Å². The highest BCUT2D eigenvalue weighted by Crippen LogP contribution is 2.38. The summed E-state index contributed by atoms with van der Waals surface area (Å²) in [5.74, 6) is 1.94. The third-order valence-electron chi connectivity index (χ3n) is 5.08. The maximum absolute atomic E-state index is 12.9. The molecule has 0 bridgehead atoms. The molecule has 1 saturated carbocycles. The predicted octanol–water partition coefficient (Wildman–Crippen LogP) is 3.48. The van der Waals surface area contributed by atoms with Crippen LogP contribution in [-0.2, 0) is 4.79 Å². The molecule has 4 heteroatoms. The van der Waals surface area contributed by atoms with Crippen LogP contribution in [0, 0.1) is 17.2 Å². The van der Waals surface area contributed by atoms with Crippen molar-refractivity contribution in [1.29, 1.82) is 5.26 Å². The number of para-hydroxylation sites is 1. The van der Waals surface area contributed by atoms with Gasteiger partial charge < -0.3 is 9.64 Å². The Morgan fingerprint density at radius 2 is 2.17 bits per heavy atom. The summed E-state index contributed by atoms with van der Waals surface area (Å²) in [5.41, 5.74) is 1.14. The number of benzene rings is 1. The maximum Gasteiger partial charge on any atom is 0.223 e. The van der Waals surface area contributed by atoms with Gasteiger partial charge in [-0.3, -0.25) is 4.79 Å². The molecule has 122 valence electrons. The van der Waals surface area contributed by atoms with Crippen LogP contribution in [0.5, 0.6) is 5.75 Å². The van der Waals surface area contributed by atoms with E-state index in [2.05, 4.69) is 19.1 Å². The van der Waals surface area contributed by atoms with Crippen LogP contribution in [0.1, 0.15) is 50.5 Å². The zero-order valence-corrected chi connectivity index (χ0v) is 13.7. The van der Waals surface area contributed by atoms with Gasteiger partial charge >= 0.3 is 0 Å². The van der Waals surface area contributed by atoms with E-state index in [1.165, 1.54) is 12.8 Å². The average molecular weight is 312 g/mol. The largest absolute Gasteiger partial charge is 0.493 e. The van der Waals surface area contributed by atoms with Crippen LogP contribution in [0.4, 0.5) is 0 Å². The Hall–Kier alpha value is -2.02. The fourth-order valence-electron chi connectivity index (χ4n) is 3.51. The zero-order chi connectivity index (χ0) is 16.2. The Balaban J connectivity index is 1.70. The lowest BCUT2D eigenvalue weighted by Crippen LogP contribution is -2.41. The topological polar surface area (TPSA) is 53.3 Å². The van der Waals surface area contributed by atoms with Gasteiger partial charge in [-0.05, 0) is 49.7 Å². The van der Waals surface area contributed by atoms with Crippen LogP contribution in [0.3, 0.4) is 0 Å². The fourth-order valence-corrected chi connectivity index (χ4v) is 3.51. The summed E-state index contributed by atoms with van der Waals surface area (Å²) < 4.78 is 5.69. The summed E-state index contributed by atoms with van der Waals surface area (Å²) in [6.07, 6.45) is 4.22. The Kier molecular flexibility index (Phi) is 4.85. The molecular weight excluding hydrogens is 288 g/mol. The number of rotatable bonds is 6. The monoisotopic (exact) mass is 312 g/mol. The van der Waals surface area contributed by atoms with Crippen molar-refractivity contribution < 1.29 is 9.53 Å². The van der Waals surface area contributed by atoms with E-state index in [1.54, 1.807) is 0 Å². The second kappa shape index (κ2) is 7.04. The normalized spacial score (nSPS) is 20.8. The van der Waals surface area contributed by atoms with E-state index in [9.17, 15) is 4.79 Å². The number of nitriles is 1. The molecule has 0 spiro atoms. The molecule has 3 rings (SSSR count). The molecule has 1 aliphatic heterocycles. The Morgan fingerprint density at radius 3 is 2.91 bits per heavy atom. The van der Waals surface area contributed by atoms with Crippen LogP contribution in [0.2, 0.25) is 0 Å². The summed E-state index contributed by atoms with van der Waals surface area (Å²) in [6, 6.07) is 10.4. The summed E-state index contributed by atoms with van der Waals surface area (Å²) in [5, 5.41) is 8.88. The van der Waals surface area contributed by atoms with Crippen LogP contribution < -0.4 is 4.74 Å². The Morgan fingerprint density at radius 1 is 1.39 bits per heavy atom. The van der Waals surface area contributed by atoms with Gasteiger partial charge in [0, 0.05) is 19.0 Å². The molecule has 0 aromatic heterocycles. The molecule has 1 aromatic carbocycles.